The molecule has 134 valence electrons. The monoisotopic (exact) mass is 358 g/mol. The van der Waals surface area contributed by atoms with E-state index < -0.39 is 20.7 Å². The number of aliphatic hydroxyl groups is 1. The summed E-state index contributed by atoms with van der Waals surface area (Å²) >= 11 is 0. The third-order valence-corrected chi connectivity index (χ3v) is 6.93. The van der Waals surface area contributed by atoms with Gasteiger partial charge in [-0.2, -0.15) is 0 Å². The van der Waals surface area contributed by atoms with Gasteiger partial charge in [0, 0.05) is 6.42 Å². The van der Waals surface area contributed by atoms with E-state index in [4.69, 9.17) is 0 Å². The predicted octanol–water partition coefficient (Wildman–Crippen LogP) is 4.30. The summed E-state index contributed by atoms with van der Waals surface area (Å²) in [6.07, 6.45) is 4.44. The van der Waals surface area contributed by atoms with E-state index in [2.05, 4.69) is 0 Å². The molecule has 0 bridgehead atoms. The van der Waals surface area contributed by atoms with Crippen LogP contribution in [0.15, 0.2) is 71.6 Å². The topological polar surface area (TPSA) is 54.4 Å². The Bertz CT molecular complexity index is 806. The van der Waals surface area contributed by atoms with Crippen LogP contribution in [0.4, 0.5) is 0 Å². The fourth-order valence-corrected chi connectivity index (χ4v) is 4.50. The van der Waals surface area contributed by atoms with E-state index in [-0.39, 0.29) is 11.3 Å². The molecule has 0 spiro atoms. The van der Waals surface area contributed by atoms with Crippen LogP contribution in [0.5, 0.6) is 0 Å². The molecule has 0 amide bonds. The Balaban J connectivity index is 2.21. The van der Waals surface area contributed by atoms with Gasteiger partial charge in [0.2, 0.25) is 9.84 Å². The number of hydrogen-bond donors (Lipinski definition) is 1. The Morgan fingerprint density at radius 1 is 1.00 bits per heavy atom. The first-order valence-corrected chi connectivity index (χ1v) is 9.98. The number of hydrogen-bond acceptors (Lipinski definition) is 3. The van der Waals surface area contributed by atoms with E-state index in [9.17, 15) is 13.5 Å². The molecule has 0 radical (unpaired) electrons. The molecule has 0 aromatic heterocycles. The Hall–Kier alpha value is -1.91. The first-order chi connectivity index (χ1) is 11.8. The SMILES string of the molecule is Cc1ccc(S(=O)(=O)C(O)(C/C=C/Cc2ccccc2)C(C)C)cc1. The number of aryl methyl sites for hydroxylation is 1. The summed E-state index contributed by atoms with van der Waals surface area (Å²) in [5, 5.41) is 11.0. The summed E-state index contributed by atoms with van der Waals surface area (Å²) in [6.45, 7) is 5.37. The Morgan fingerprint density at radius 3 is 2.16 bits per heavy atom. The standard InChI is InChI=1S/C21H26O3S/c1-17(2)21(22,16-8-7-11-19-9-5-4-6-10-19)25(23,24)20-14-12-18(3)13-15-20/h4-10,12-15,17,22H,11,16H2,1-3H3/b8-7+. The van der Waals surface area contributed by atoms with Crippen molar-refractivity contribution in [3.63, 3.8) is 0 Å². The van der Waals surface area contributed by atoms with Gasteiger partial charge < -0.3 is 5.11 Å². The molecule has 25 heavy (non-hydrogen) atoms. The van der Waals surface area contributed by atoms with Crippen molar-refractivity contribution in [3.8, 4) is 0 Å². The molecule has 3 nitrogen and oxygen atoms in total. The van der Waals surface area contributed by atoms with Gasteiger partial charge in [-0.15, -0.1) is 0 Å². The van der Waals surface area contributed by atoms with Crippen molar-refractivity contribution in [3.05, 3.63) is 77.9 Å². The Morgan fingerprint density at radius 2 is 1.60 bits per heavy atom. The van der Waals surface area contributed by atoms with E-state index >= 15 is 0 Å². The zero-order chi connectivity index (χ0) is 18.5. The second kappa shape index (κ2) is 7.98. The van der Waals surface area contributed by atoms with E-state index in [0.29, 0.717) is 6.42 Å². The molecule has 2 aromatic rings. The summed E-state index contributed by atoms with van der Waals surface area (Å²) in [6, 6.07) is 16.5. The third kappa shape index (κ3) is 4.39. The van der Waals surface area contributed by atoms with Gasteiger partial charge in [0.25, 0.3) is 0 Å². The molecule has 0 heterocycles. The molecule has 0 saturated carbocycles. The smallest absolute Gasteiger partial charge is 0.208 e. The minimum atomic E-state index is -3.86. The maximum atomic E-state index is 13.0. The lowest BCUT2D eigenvalue weighted by atomic mass is 10.0. The molecule has 0 aliphatic carbocycles. The fraction of sp³-hybridized carbons (Fsp3) is 0.333. The van der Waals surface area contributed by atoms with Gasteiger partial charge >= 0.3 is 0 Å². The molecule has 0 aliphatic heterocycles. The third-order valence-electron chi connectivity index (χ3n) is 4.47. The predicted molar refractivity (Wildman–Crippen MR) is 102 cm³/mol. The number of sulfone groups is 1. The molecule has 4 heteroatoms. The highest BCUT2D eigenvalue weighted by molar-refractivity contribution is 7.92. The number of allylic oxidation sites excluding steroid dienone is 1. The average molecular weight is 359 g/mol. The van der Waals surface area contributed by atoms with Crippen LogP contribution >= 0.6 is 0 Å². The van der Waals surface area contributed by atoms with Crippen LogP contribution in [0, 0.1) is 12.8 Å². The molecule has 2 aromatic carbocycles. The van der Waals surface area contributed by atoms with Crippen LogP contribution in [0.1, 0.15) is 31.4 Å². The minimum absolute atomic E-state index is 0.0632. The highest BCUT2D eigenvalue weighted by Crippen LogP contribution is 2.34. The van der Waals surface area contributed by atoms with Gasteiger partial charge in [0.15, 0.2) is 4.93 Å². The largest absolute Gasteiger partial charge is 0.373 e. The summed E-state index contributed by atoms with van der Waals surface area (Å²) in [4.78, 5) is -1.67. The van der Waals surface area contributed by atoms with Crippen LogP contribution in [-0.4, -0.2) is 18.5 Å². The first kappa shape index (κ1) is 19.4. The van der Waals surface area contributed by atoms with Crippen LogP contribution in [0.25, 0.3) is 0 Å². The molecule has 0 saturated heterocycles. The van der Waals surface area contributed by atoms with Crippen LogP contribution in [0.3, 0.4) is 0 Å². The van der Waals surface area contributed by atoms with Crippen LogP contribution < -0.4 is 0 Å². The lowest BCUT2D eigenvalue weighted by Crippen LogP contribution is -2.43. The first-order valence-electron chi connectivity index (χ1n) is 8.50. The van der Waals surface area contributed by atoms with Gasteiger partial charge in [-0.3, -0.25) is 0 Å². The van der Waals surface area contributed by atoms with Crippen molar-refractivity contribution >= 4 is 9.84 Å². The maximum absolute atomic E-state index is 13.0. The highest BCUT2D eigenvalue weighted by atomic mass is 32.2. The Labute approximate surface area is 151 Å². The van der Waals surface area contributed by atoms with Gasteiger partial charge in [-0.1, -0.05) is 74.0 Å². The van der Waals surface area contributed by atoms with Crippen molar-refractivity contribution in [1.82, 2.24) is 0 Å². The molecule has 1 atom stereocenters. The zero-order valence-electron chi connectivity index (χ0n) is 15.0. The van der Waals surface area contributed by atoms with Crippen molar-refractivity contribution in [1.29, 1.82) is 0 Å². The lowest BCUT2D eigenvalue weighted by molar-refractivity contribution is 0.0791. The molecular weight excluding hydrogens is 332 g/mol. The summed E-state index contributed by atoms with van der Waals surface area (Å²) in [7, 11) is -3.86. The van der Waals surface area contributed by atoms with Gasteiger partial charge in [-0.05, 0) is 37.0 Å². The van der Waals surface area contributed by atoms with Crippen LogP contribution in [0.2, 0.25) is 0 Å². The summed E-state index contributed by atoms with van der Waals surface area (Å²) in [5.74, 6) is -0.430. The van der Waals surface area contributed by atoms with Crippen molar-refractivity contribution < 1.29 is 13.5 Å². The normalized spacial score (nSPS) is 14.8. The van der Waals surface area contributed by atoms with Crippen molar-refractivity contribution in [2.45, 2.75) is 43.4 Å². The van der Waals surface area contributed by atoms with E-state index in [1.165, 1.54) is 0 Å². The quantitative estimate of drug-likeness (QED) is 0.751. The van der Waals surface area contributed by atoms with E-state index in [1.54, 1.807) is 44.2 Å². The molecular formula is C21H26O3S. The summed E-state index contributed by atoms with van der Waals surface area (Å²) in [5.41, 5.74) is 2.13. The molecule has 1 unspecified atom stereocenters. The van der Waals surface area contributed by atoms with Gasteiger partial charge in [0.1, 0.15) is 0 Å². The van der Waals surface area contributed by atoms with E-state index in [0.717, 1.165) is 11.1 Å². The molecule has 0 aliphatic rings. The zero-order valence-corrected chi connectivity index (χ0v) is 15.8. The van der Waals surface area contributed by atoms with Crippen molar-refractivity contribution in [2.75, 3.05) is 0 Å². The van der Waals surface area contributed by atoms with Crippen molar-refractivity contribution in [2.24, 2.45) is 5.92 Å². The minimum Gasteiger partial charge on any atom is -0.373 e. The number of rotatable bonds is 7. The fourth-order valence-electron chi connectivity index (χ4n) is 2.66. The Kier molecular flexibility index (Phi) is 6.20. The van der Waals surface area contributed by atoms with Gasteiger partial charge in [-0.25, -0.2) is 8.42 Å². The van der Waals surface area contributed by atoms with Gasteiger partial charge in [0.05, 0.1) is 4.90 Å². The molecule has 1 N–H and O–H groups in total. The average Bonchev–Trinajstić information content (AvgIpc) is 2.59. The highest BCUT2D eigenvalue weighted by Gasteiger charge is 2.44. The molecule has 2 rings (SSSR count). The second-order valence-corrected chi connectivity index (χ2v) is 8.87. The lowest BCUT2D eigenvalue weighted by Gasteiger charge is -2.31. The summed E-state index contributed by atoms with van der Waals surface area (Å²) < 4.78 is 26.0. The molecule has 0 fully saturated rings. The number of benzene rings is 2. The maximum Gasteiger partial charge on any atom is 0.208 e. The van der Waals surface area contributed by atoms with Crippen LogP contribution in [-0.2, 0) is 16.3 Å². The van der Waals surface area contributed by atoms with E-state index in [1.807, 2.05) is 43.3 Å². The second-order valence-electron chi connectivity index (χ2n) is 6.68.